The van der Waals surface area contributed by atoms with Crippen LogP contribution in [-0.2, 0) is 6.42 Å². The van der Waals surface area contributed by atoms with Crippen LogP contribution in [0.2, 0.25) is 0 Å². The normalized spacial score (nSPS) is 12.5. The highest BCUT2D eigenvalue weighted by molar-refractivity contribution is 5.80. The van der Waals surface area contributed by atoms with E-state index in [1.807, 2.05) is 19.1 Å². The fourth-order valence-electron chi connectivity index (χ4n) is 3.67. The van der Waals surface area contributed by atoms with Crippen molar-refractivity contribution in [2.24, 2.45) is 0 Å². The molecule has 2 heterocycles. The molecule has 6 nitrogen and oxygen atoms in total. The predicted octanol–water partition coefficient (Wildman–Crippen LogP) is 6.89. The van der Waals surface area contributed by atoms with Crippen molar-refractivity contribution >= 4 is 34.2 Å². The van der Waals surface area contributed by atoms with E-state index < -0.39 is 11.3 Å². The molecule has 190 valence electrons. The van der Waals surface area contributed by atoms with E-state index in [1.54, 1.807) is 54.7 Å². The molecule has 3 rings (SSSR count). The van der Waals surface area contributed by atoms with Crippen LogP contribution in [0.3, 0.4) is 0 Å². The monoisotopic (exact) mass is 504 g/mol. The van der Waals surface area contributed by atoms with Gasteiger partial charge in [0.1, 0.15) is 0 Å². The number of hydrogen-bond donors (Lipinski definition) is 0. The Bertz CT molecular complexity index is 1670. The molecule has 1 aromatic carbocycles. The van der Waals surface area contributed by atoms with Crippen LogP contribution in [0, 0.1) is 0 Å². The zero-order valence-electron chi connectivity index (χ0n) is 21.3. The van der Waals surface area contributed by atoms with Gasteiger partial charge in [-0.2, -0.15) is 0 Å². The van der Waals surface area contributed by atoms with Gasteiger partial charge in [0.2, 0.25) is 11.8 Å². The maximum absolute atomic E-state index is 12.8. The lowest BCUT2D eigenvalue weighted by atomic mass is 10.0. The molecule has 0 aliphatic carbocycles. The third-order valence-electron chi connectivity index (χ3n) is 5.45. The van der Waals surface area contributed by atoms with Crippen molar-refractivity contribution < 1.29 is 8.83 Å². The number of allylic oxidation sites excluding steroid dienone is 11. The van der Waals surface area contributed by atoms with Gasteiger partial charge in [0.05, 0.1) is 22.2 Å². The zero-order chi connectivity index (χ0) is 27.7. The summed E-state index contributed by atoms with van der Waals surface area (Å²) >= 11 is 0. The largest absolute Gasteiger partial charge is 0.403 e. The van der Waals surface area contributed by atoms with Crippen molar-refractivity contribution in [1.29, 1.82) is 0 Å². The van der Waals surface area contributed by atoms with Crippen LogP contribution in [0.5, 0.6) is 0 Å². The quantitative estimate of drug-likeness (QED) is 0.264. The number of fused-ring (bicyclic) bond motifs is 1. The van der Waals surface area contributed by atoms with Gasteiger partial charge in [-0.3, -0.25) is 0 Å². The van der Waals surface area contributed by atoms with Gasteiger partial charge in [0.15, 0.2) is 0 Å². The molecule has 0 aliphatic rings. The van der Waals surface area contributed by atoms with Gasteiger partial charge in [-0.25, -0.2) is 19.6 Å². The highest BCUT2D eigenvalue weighted by Crippen LogP contribution is 2.21. The second kappa shape index (κ2) is 12.7. The third kappa shape index (κ3) is 6.17. The lowest BCUT2D eigenvalue weighted by Gasteiger charge is -2.08. The van der Waals surface area contributed by atoms with Crippen LogP contribution in [0.4, 0.5) is 0 Å². The molecule has 0 atom stereocenters. The summed E-state index contributed by atoms with van der Waals surface area (Å²) in [5.41, 5.74) is 2.67. The Morgan fingerprint density at radius 2 is 1.58 bits per heavy atom. The van der Waals surface area contributed by atoms with Crippen LogP contribution in [0.25, 0.3) is 34.2 Å². The van der Waals surface area contributed by atoms with Crippen molar-refractivity contribution in [2.75, 3.05) is 0 Å². The molecular weight excluding hydrogens is 476 g/mol. The topological polar surface area (TPSA) is 86.2 Å². The summed E-state index contributed by atoms with van der Waals surface area (Å²) in [6, 6.07) is 5.34. The smallest absolute Gasteiger partial charge is 0.347 e. The molecule has 6 heteroatoms. The van der Waals surface area contributed by atoms with Crippen molar-refractivity contribution in [1.82, 2.24) is 9.97 Å². The number of rotatable bonds is 11. The summed E-state index contributed by atoms with van der Waals surface area (Å²) in [6.45, 7) is 20.6. The van der Waals surface area contributed by atoms with Gasteiger partial charge >= 0.3 is 11.3 Å². The summed E-state index contributed by atoms with van der Waals surface area (Å²) in [5, 5.41) is 0.344. The SMILES string of the molecule is C=C/C=C(\C=C)c1nc(C=C)c(/C=C(\C=C)Cc2ccc3nc(C(/C=C\C)=C/C=C)oc(=O)c3c2)c(=O)o1. The van der Waals surface area contributed by atoms with Gasteiger partial charge in [0.25, 0.3) is 0 Å². The molecule has 0 bridgehead atoms. The number of aromatic nitrogens is 2. The molecule has 3 aromatic rings. The average Bonchev–Trinajstić information content (AvgIpc) is 2.92. The van der Waals surface area contributed by atoms with Gasteiger partial charge in [0, 0.05) is 11.1 Å². The highest BCUT2D eigenvalue weighted by Gasteiger charge is 2.14. The Morgan fingerprint density at radius 1 is 0.895 bits per heavy atom. The molecule has 38 heavy (non-hydrogen) atoms. The second-order valence-corrected chi connectivity index (χ2v) is 7.99. The van der Waals surface area contributed by atoms with Crippen LogP contribution < -0.4 is 11.3 Å². The molecule has 0 spiro atoms. The first-order valence-electron chi connectivity index (χ1n) is 11.7. The van der Waals surface area contributed by atoms with Crippen LogP contribution in [0.15, 0.2) is 124 Å². The van der Waals surface area contributed by atoms with Crippen LogP contribution in [-0.4, -0.2) is 9.97 Å². The maximum Gasteiger partial charge on any atom is 0.347 e. The second-order valence-electron chi connectivity index (χ2n) is 7.99. The van der Waals surface area contributed by atoms with Gasteiger partial charge < -0.3 is 8.83 Å². The van der Waals surface area contributed by atoms with Crippen molar-refractivity contribution in [2.45, 2.75) is 13.3 Å². The van der Waals surface area contributed by atoms with E-state index in [-0.39, 0.29) is 17.3 Å². The lowest BCUT2D eigenvalue weighted by Crippen LogP contribution is -2.11. The molecule has 0 aliphatic heterocycles. The molecule has 0 fully saturated rings. The van der Waals surface area contributed by atoms with Gasteiger partial charge in [-0.05, 0) is 48.8 Å². The average molecular weight is 505 g/mol. The summed E-state index contributed by atoms with van der Waals surface area (Å²) in [5.74, 6) is 0.327. The Morgan fingerprint density at radius 3 is 2.21 bits per heavy atom. The third-order valence-corrected chi connectivity index (χ3v) is 5.45. The van der Waals surface area contributed by atoms with E-state index in [0.29, 0.717) is 39.7 Å². The summed E-state index contributed by atoms with van der Waals surface area (Å²) < 4.78 is 10.9. The first kappa shape index (κ1) is 27.5. The minimum Gasteiger partial charge on any atom is -0.403 e. The minimum absolute atomic E-state index is 0.116. The molecular formula is C32H28N2O4. The first-order valence-corrected chi connectivity index (χ1v) is 11.7. The molecule has 0 unspecified atom stereocenters. The summed E-state index contributed by atoms with van der Waals surface area (Å²) in [7, 11) is 0. The summed E-state index contributed by atoms with van der Waals surface area (Å²) in [6.07, 6.45) is 16.8. The fraction of sp³-hybridized carbons (Fsp3) is 0.0625. The van der Waals surface area contributed by atoms with Crippen molar-refractivity contribution in [3.8, 4) is 0 Å². The van der Waals surface area contributed by atoms with Gasteiger partial charge in [-0.15, -0.1) is 0 Å². The molecule has 2 aromatic heterocycles. The zero-order valence-corrected chi connectivity index (χ0v) is 21.3. The number of benzene rings is 1. The van der Waals surface area contributed by atoms with E-state index >= 15 is 0 Å². The maximum atomic E-state index is 12.8. The standard InChI is InChI=1S/C32H28N2O4/c1-7-13-23(11-5)29-33-27(12-6)25(31(35)37-29)19-21(10-4)18-22-16-17-28-26(20-22)32(36)38-30(34-28)24(14-8-2)15-9-3/h7-17,19-20H,1-2,4-6,18H2,3H3/b15-9-,21-19+,23-13+,24-14+. The Balaban J connectivity index is 2.03. The first-order chi connectivity index (χ1) is 18.4. The van der Waals surface area contributed by atoms with E-state index in [0.717, 1.165) is 5.56 Å². The van der Waals surface area contributed by atoms with Crippen molar-refractivity contribution in [3.63, 3.8) is 0 Å². The van der Waals surface area contributed by atoms with Crippen LogP contribution >= 0.6 is 0 Å². The van der Waals surface area contributed by atoms with Gasteiger partial charge in [-0.1, -0.05) is 87.6 Å². The van der Waals surface area contributed by atoms with E-state index in [2.05, 4.69) is 42.9 Å². The predicted molar refractivity (Wildman–Crippen MR) is 156 cm³/mol. The Kier molecular flexibility index (Phi) is 9.21. The molecule has 0 radical (unpaired) electrons. The number of nitrogens with zero attached hydrogens (tertiary/aromatic N) is 2. The van der Waals surface area contributed by atoms with E-state index in [1.165, 1.54) is 12.2 Å². The lowest BCUT2D eigenvalue weighted by molar-refractivity contribution is 0.474. The fourth-order valence-corrected chi connectivity index (χ4v) is 3.67. The molecule has 0 saturated carbocycles. The Labute approximate surface area is 221 Å². The van der Waals surface area contributed by atoms with E-state index in [4.69, 9.17) is 8.83 Å². The summed E-state index contributed by atoms with van der Waals surface area (Å²) in [4.78, 5) is 34.5. The van der Waals surface area contributed by atoms with E-state index in [9.17, 15) is 9.59 Å². The van der Waals surface area contributed by atoms with Crippen LogP contribution in [0.1, 0.15) is 35.5 Å². The molecule has 0 saturated heterocycles. The van der Waals surface area contributed by atoms with Crippen molar-refractivity contribution in [3.05, 3.63) is 155 Å². The molecule has 0 N–H and O–H groups in total. The molecule has 0 amide bonds. The number of hydrogen-bond acceptors (Lipinski definition) is 6. The minimum atomic E-state index is -0.582. The highest BCUT2D eigenvalue weighted by atomic mass is 16.4. The Hall–Kier alpha value is -5.10.